The lowest BCUT2D eigenvalue weighted by molar-refractivity contribution is -0.134. The number of nitrogens with one attached hydrogen (secondary N) is 6. The molecule has 113 heavy (non-hydrogen) atoms. The van der Waals surface area contributed by atoms with E-state index in [1.54, 1.807) is 77.8 Å². The van der Waals surface area contributed by atoms with E-state index in [0.717, 1.165) is 112 Å². The Morgan fingerprint density at radius 3 is 1.49 bits per heavy atom. The third-order valence-electron chi connectivity index (χ3n) is 22.6. The second-order valence-electron chi connectivity index (χ2n) is 29.9. The highest BCUT2D eigenvalue weighted by atomic mass is 16.5. The van der Waals surface area contributed by atoms with Crippen molar-refractivity contribution in [3.8, 4) is 22.6 Å². The molecular weight excluding hydrogens is 1450 g/mol. The average molecular weight is 1550 g/mol. The fourth-order valence-electron chi connectivity index (χ4n) is 15.8. The van der Waals surface area contributed by atoms with Gasteiger partial charge in [0.1, 0.15) is 63.2 Å². The molecule has 3 aromatic carbocycles. The number of benzene rings is 3. The Bertz CT molecular complexity index is 5170. The van der Waals surface area contributed by atoms with Crippen LogP contribution in [-0.2, 0) is 30.3 Å². The summed E-state index contributed by atoms with van der Waals surface area (Å²) >= 11 is 0. The van der Waals surface area contributed by atoms with Crippen LogP contribution in [0.1, 0.15) is 147 Å². The minimum atomic E-state index is -0.586. The summed E-state index contributed by atoms with van der Waals surface area (Å²) in [4.78, 5) is 114. The Balaban J connectivity index is 0.000000134. The number of nitrogens with zero attached hydrogens (tertiary/aromatic N) is 15. The quantitative estimate of drug-likeness (QED) is 0.0236. The molecule has 9 N–H and O–H groups in total. The zero-order valence-electron chi connectivity index (χ0n) is 63.0. The molecule has 4 atom stereocenters. The third kappa shape index (κ3) is 17.6. The van der Waals surface area contributed by atoms with E-state index >= 15 is 0 Å². The smallest absolute Gasteiger partial charge is 0.274 e. The van der Waals surface area contributed by atoms with Gasteiger partial charge >= 0.3 is 0 Å². The maximum absolute atomic E-state index is 12.9. The number of hydroxylamine groups is 3. The van der Waals surface area contributed by atoms with E-state index in [2.05, 4.69) is 73.7 Å². The molecule has 17 rings (SSSR count). The van der Waals surface area contributed by atoms with Gasteiger partial charge in [0.15, 0.2) is 16.9 Å². The van der Waals surface area contributed by atoms with Gasteiger partial charge in [-0.15, -0.1) is 0 Å². The van der Waals surface area contributed by atoms with Gasteiger partial charge in [0.25, 0.3) is 28.5 Å². The molecule has 7 aromatic heterocycles. The predicted molar refractivity (Wildman–Crippen MR) is 411 cm³/mol. The van der Waals surface area contributed by atoms with E-state index in [4.69, 9.17) is 54.3 Å². The van der Waals surface area contributed by atoms with Gasteiger partial charge in [0, 0.05) is 139 Å². The van der Waals surface area contributed by atoms with Crippen LogP contribution < -0.4 is 47.5 Å². The van der Waals surface area contributed by atoms with Crippen molar-refractivity contribution in [1.29, 1.82) is 0 Å². The zero-order chi connectivity index (χ0) is 78.2. The van der Waals surface area contributed by atoms with E-state index in [0.29, 0.717) is 140 Å². The van der Waals surface area contributed by atoms with Gasteiger partial charge < -0.3 is 43.5 Å². The molecule has 0 saturated carbocycles. The number of amides is 3. The van der Waals surface area contributed by atoms with Crippen LogP contribution in [0.3, 0.4) is 0 Å². The molecule has 0 radical (unpaired) electrons. The minimum absolute atomic E-state index is 0.0298. The van der Waals surface area contributed by atoms with Gasteiger partial charge in [0.2, 0.25) is 5.91 Å². The van der Waals surface area contributed by atoms with Crippen LogP contribution >= 0.6 is 0 Å². The lowest BCUT2D eigenvalue weighted by Gasteiger charge is -2.42. The highest BCUT2D eigenvalue weighted by Gasteiger charge is 2.38. The largest absolute Gasteiger partial charge is 0.488 e. The Morgan fingerprint density at radius 2 is 1.02 bits per heavy atom. The van der Waals surface area contributed by atoms with Crippen LogP contribution in [0.15, 0.2) is 124 Å². The number of carbonyl (C=O) groups is 3. The summed E-state index contributed by atoms with van der Waals surface area (Å²) in [6, 6.07) is 22.7. The van der Waals surface area contributed by atoms with Crippen molar-refractivity contribution in [1.82, 2.24) is 100 Å². The topological polar surface area (TPSA) is 424 Å². The fraction of sp³-hybridized carbons (Fsp3) is 0.462. The predicted octanol–water partition coefficient (Wildman–Crippen LogP) is 6.11. The maximum atomic E-state index is 12.9. The Kier molecular flexibility index (Phi) is 23.9. The minimum Gasteiger partial charge on any atom is -0.488 e. The van der Waals surface area contributed by atoms with Crippen molar-refractivity contribution >= 4 is 62.6 Å². The second kappa shape index (κ2) is 34.9. The van der Waals surface area contributed by atoms with Crippen molar-refractivity contribution in [3.05, 3.63) is 175 Å². The van der Waals surface area contributed by atoms with E-state index in [1.807, 2.05) is 69.5 Å². The van der Waals surface area contributed by atoms with E-state index in [-0.39, 0.29) is 76.8 Å². The van der Waals surface area contributed by atoms with Gasteiger partial charge in [0.05, 0.1) is 55.3 Å². The standard InChI is InChI=1S/C27H30N8O4.C27H35N7O5.C24H28N6O5/c1-16-13-34(15-23-28-10-19(11-29-23)17-2-4-18(5-3-17)26(36)33-38)14-22(16)24-31-25-21(27(37)32-24)12-30-35(25)20-6-8-39-9-7-20;1-17(24-29-25-23(27(36)30-24)14-28-34(25)20-8-12-38-13-9-20)33-15-22(16-33)39-21-4-2-19(3-5-21)32-10-6-18(7-11-32)26(35)31-37;1-15(22-26-23-20(24(32)27-22)12-25-30(23)17-8-10-34-11-9-17)29-13-19(14-29)35-18-5-2-16(3-6-18)4-7-21(31)28-33/h2-5,10-12,16,20,22,38H,6-9,13-15H2,1H3,(H,33,36)(H,31,32,37);2-5,14,17-18,20,22,37H,6-13,15-16H2,1H3,(H,31,35)(H,29,30,36);2-7,12,15,17,19,33H,8-11,13-14H2,1H3,(H,28,31)(H,26,27,32)/b;;7-4+. The first kappa shape index (κ1) is 77.3. The summed E-state index contributed by atoms with van der Waals surface area (Å²) < 4.78 is 34.3. The Morgan fingerprint density at radius 1 is 0.549 bits per heavy atom. The summed E-state index contributed by atoms with van der Waals surface area (Å²) in [6.45, 7) is 17.0. The van der Waals surface area contributed by atoms with Crippen molar-refractivity contribution < 1.29 is 53.7 Å². The van der Waals surface area contributed by atoms with Crippen LogP contribution in [0.5, 0.6) is 11.5 Å². The Labute approximate surface area is 647 Å². The van der Waals surface area contributed by atoms with E-state index in [9.17, 15) is 28.8 Å². The van der Waals surface area contributed by atoms with Gasteiger partial charge in [-0.05, 0) is 137 Å². The molecule has 7 saturated heterocycles. The average Bonchev–Trinajstić information content (AvgIpc) is 1.66. The Hall–Kier alpha value is -11.0. The summed E-state index contributed by atoms with van der Waals surface area (Å²) in [6.07, 6.45) is 17.9. The summed E-state index contributed by atoms with van der Waals surface area (Å²) in [5.74, 6) is 3.01. The summed E-state index contributed by atoms with van der Waals surface area (Å²) in [5, 5.41) is 41.2. The first-order valence-corrected chi connectivity index (χ1v) is 38.6. The van der Waals surface area contributed by atoms with Gasteiger partial charge in [-0.2, -0.15) is 15.3 Å². The highest BCUT2D eigenvalue weighted by molar-refractivity contribution is 5.94. The first-order chi connectivity index (χ1) is 55.0. The second-order valence-corrected chi connectivity index (χ2v) is 29.9. The lowest BCUT2D eigenvalue weighted by Crippen LogP contribution is -2.54. The van der Waals surface area contributed by atoms with Crippen molar-refractivity contribution in [3.63, 3.8) is 0 Å². The number of aromatic nitrogens is 14. The van der Waals surface area contributed by atoms with Crippen LogP contribution in [0.2, 0.25) is 0 Å². The summed E-state index contributed by atoms with van der Waals surface area (Å²) in [7, 11) is 0. The van der Waals surface area contributed by atoms with Crippen molar-refractivity contribution in [2.75, 3.05) is 96.9 Å². The molecule has 35 nitrogen and oxygen atoms in total. The molecule has 10 aromatic rings. The molecule has 0 spiro atoms. The normalized spacial score (nSPS) is 19.9. The SMILES string of the molecule is CC(c1nc2c(cnn2C2CCOCC2)c(=O)[nH]1)N1CC(Oc2ccc(/C=C/C(=O)NO)cc2)C1.CC(c1nc2c(cnn2C2CCOCC2)c(=O)[nH]1)N1CC(Oc2ccc(N3CCC(C(=O)NO)CC3)cc2)C1.CC1CN(Cc2ncc(-c3ccc(C(=O)NO)cc3)cn2)CC1c1nc2c(cnn2C2CCOCC2)c(=O)[nH]1. The molecule has 3 amide bonds. The number of H-pyrrole nitrogens is 3. The fourth-order valence-corrected chi connectivity index (χ4v) is 15.8. The van der Waals surface area contributed by atoms with Gasteiger partial charge in [-0.25, -0.2) is 55.4 Å². The molecule has 14 heterocycles. The van der Waals surface area contributed by atoms with Crippen molar-refractivity contribution in [2.24, 2.45) is 11.8 Å². The molecule has 7 aliphatic heterocycles. The monoisotopic (exact) mass is 1550 g/mol. The number of ether oxygens (including phenoxy) is 5. The molecule has 35 heteroatoms. The van der Waals surface area contributed by atoms with Crippen LogP contribution in [-0.4, -0.2) is 221 Å². The van der Waals surface area contributed by atoms with E-state index in [1.165, 1.54) is 6.08 Å². The number of fused-ring (bicyclic) bond motifs is 3. The number of piperidine rings is 1. The number of rotatable bonds is 20. The number of hydrogen-bond donors (Lipinski definition) is 9. The summed E-state index contributed by atoms with van der Waals surface area (Å²) in [5.41, 5.74) is 10.4. The number of hydrogen-bond acceptors (Lipinski definition) is 26. The number of aromatic amines is 3. The van der Waals surface area contributed by atoms with Gasteiger partial charge in [-0.3, -0.25) is 59.1 Å². The van der Waals surface area contributed by atoms with Crippen LogP contribution in [0, 0.1) is 11.8 Å². The molecule has 4 unspecified atom stereocenters. The van der Waals surface area contributed by atoms with Gasteiger partial charge in [-0.1, -0.05) is 31.2 Å². The van der Waals surface area contributed by atoms with Crippen molar-refractivity contribution in [2.45, 2.75) is 127 Å². The molecule has 7 aliphatic rings. The first-order valence-electron chi connectivity index (χ1n) is 38.6. The molecular formula is C78H93N21O14. The number of likely N-dealkylation sites (tertiary alicyclic amines) is 3. The van der Waals surface area contributed by atoms with Crippen LogP contribution in [0.25, 0.3) is 50.3 Å². The van der Waals surface area contributed by atoms with Crippen LogP contribution in [0.4, 0.5) is 5.69 Å². The zero-order valence-corrected chi connectivity index (χ0v) is 63.0. The number of carbonyl (C=O) groups excluding carboxylic acids is 3. The lowest BCUT2D eigenvalue weighted by atomic mass is 9.96. The molecule has 0 bridgehead atoms. The maximum Gasteiger partial charge on any atom is 0.274 e. The third-order valence-corrected chi connectivity index (χ3v) is 22.6. The molecule has 7 fully saturated rings. The highest BCUT2D eigenvalue weighted by Crippen LogP contribution is 2.35. The molecule has 594 valence electrons. The molecule has 0 aliphatic carbocycles. The van der Waals surface area contributed by atoms with E-state index < -0.39 is 11.8 Å². The number of anilines is 1.